The predicted molar refractivity (Wildman–Crippen MR) is 74.2 cm³/mol. The third-order valence-electron chi connectivity index (χ3n) is 3.40. The maximum atomic E-state index is 12.2. The third kappa shape index (κ3) is 2.70. The first kappa shape index (κ1) is 13.5. The quantitative estimate of drug-likeness (QED) is 0.826. The summed E-state index contributed by atoms with van der Waals surface area (Å²) >= 11 is 0. The third-order valence-corrected chi connectivity index (χ3v) is 3.40. The highest BCUT2D eigenvalue weighted by Crippen LogP contribution is 2.29. The second kappa shape index (κ2) is 5.49. The van der Waals surface area contributed by atoms with Crippen LogP contribution >= 0.6 is 0 Å². The van der Waals surface area contributed by atoms with E-state index in [2.05, 4.69) is 20.4 Å². The lowest BCUT2D eigenvalue weighted by Gasteiger charge is -2.18. The van der Waals surface area contributed by atoms with E-state index in [-0.39, 0.29) is 29.6 Å². The molecule has 3 N–H and O–H groups in total. The predicted octanol–water partition coefficient (Wildman–Crippen LogP) is 0.0523. The summed E-state index contributed by atoms with van der Waals surface area (Å²) in [5, 5.41) is 7.04. The maximum Gasteiger partial charge on any atom is 0.274 e. The molecule has 8 nitrogen and oxygen atoms in total. The Hall–Kier alpha value is -2.48. The zero-order valence-electron chi connectivity index (χ0n) is 11.6. The van der Waals surface area contributed by atoms with Crippen molar-refractivity contribution in [3.8, 4) is 0 Å². The summed E-state index contributed by atoms with van der Waals surface area (Å²) in [5.74, 6) is -0.225. The Morgan fingerprint density at radius 3 is 3.00 bits per heavy atom. The molecule has 1 fully saturated rings. The Kier molecular flexibility index (Phi) is 3.53. The molecule has 0 aliphatic carbocycles. The fraction of sp³-hybridized carbons (Fsp3) is 0.385. The smallest absolute Gasteiger partial charge is 0.274 e. The van der Waals surface area contributed by atoms with Gasteiger partial charge < -0.3 is 15.8 Å². The Balaban J connectivity index is 1.75. The summed E-state index contributed by atoms with van der Waals surface area (Å²) in [7, 11) is 1.84. The molecule has 2 aromatic rings. The molecule has 3 rings (SSSR count). The number of anilines is 1. The van der Waals surface area contributed by atoms with Crippen LogP contribution in [0.5, 0.6) is 0 Å². The number of amides is 1. The summed E-state index contributed by atoms with van der Waals surface area (Å²) in [4.78, 5) is 20.1. The topological polar surface area (TPSA) is 108 Å². The number of rotatable bonds is 3. The van der Waals surface area contributed by atoms with E-state index in [4.69, 9.17) is 10.5 Å². The van der Waals surface area contributed by atoms with Crippen LogP contribution in [0.25, 0.3) is 0 Å². The maximum absolute atomic E-state index is 12.2. The van der Waals surface area contributed by atoms with Gasteiger partial charge in [0, 0.05) is 37.8 Å². The average Bonchev–Trinajstić information content (AvgIpc) is 3.08. The molecule has 0 spiro atoms. The van der Waals surface area contributed by atoms with Crippen molar-refractivity contribution < 1.29 is 9.53 Å². The first-order valence-electron chi connectivity index (χ1n) is 6.62. The minimum absolute atomic E-state index is 0.117. The van der Waals surface area contributed by atoms with E-state index in [0.29, 0.717) is 6.61 Å². The fourth-order valence-corrected chi connectivity index (χ4v) is 2.41. The van der Waals surface area contributed by atoms with Crippen LogP contribution in [0.3, 0.4) is 0 Å². The first-order chi connectivity index (χ1) is 10.1. The van der Waals surface area contributed by atoms with Gasteiger partial charge in [0.2, 0.25) is 0 Å². The molecule has 1 aliphatic heterocycles. The molecule has 1 amide bonds. The van der Waals surface area contributed by atoms with Gasteiger partial charge in [-0.25, -0.2) is 9.97 Å². The van der Waals surface area contributed by atoms with Gasteiger partial charge >= 0.3 is 0 Å². The highest BCUT2D eigenvalue weighted by atomic mass is 16.5. The highest BCUT2D eigenvalue weighted by Gasteiger charge is 2.32. The molecule has 8 heteroatoms. The molecule has 0 saturated carbocycles. The number of aromatic nitrogens is 4. The molecule has 0 unspecified atom stereocenters. The minimum Gasteiger partial charge on any atom is -0.382 e. The van der Waals surface area contributed by atoms with Crippen molar-refractivity contribution in [3.63, 3.8) is 0 Å². The Morgan fingerprint density at radius 1 is 1.48 bits per heavy atom. The van der Waals surface area contributed by atoms with E-state index in [9.17, 15) is 4.79 Å². The van der Waals surface area contributed by atoms with Crippen molar-refractivity contribution in [2.75, 3.05) is 12.3 Å². The number of ether oxygens (including phenoxy) is 1. The second-order valence-electron chi connectivity index (χ2n) is 4.90. The molecule has 0 aromatic carbocycles. The fourth-order valence-electron chi connectivity index (χ4n) is 2.41. The number of nitrogen functional groups attached to an aromatic ring is 1. The number of nitrogens with one attached hydrogen (secondary N) is 1. The van der Waals surface area contributed by atoms with Crippen molar-refractivity contribution in [2.45, 2.75) is 18.6 Å². The summed E-state index contributed by atoms with van der Waals surface area (Å²) < 4.78 is 7.40. The van der Waals surface area contributed by atoms with Crippen molar-refractivity contribution in [3.05, 3.63) is 36.0 Å². The summed E-state index contributed by atoms with van der Waals surface area (Å²) in [6.07, 6.45) is 7.03. The average molecular weight is 288 g/mol. The highest BCUT2D eigenvalue weighted by molar-refractivity contribution is 5.96. The van der Waals surface area contributed by atoms with Gasteiger partial charge in [-0.3, -0.25) is 9.48 Å². The lowest BCUT2D eigenvalue weighted by Crippen LogP contribution is -2.37. The molecule has 3 heterocycles. The number of hydrogen-bond donors (Lipinski definition) is 2. The summed E-state index contributed by atoms with van der Waals surface area (Å²) in [6.45, 7) is 0.584. The molecular weight excluding hydrogens is 272 g/mol. The Morgan fingerprint density at radius 2 is 2.29 bits per heavy atom. The van der Waals surface area contributed by atoms with Crippen LogP contribution in [0.2, 0.25) is 0 Å². The molecule has 0 bridgehead atoms. The largest absolute Gasteiger partial charge is 0.382 e. The molecule has 21 heavy (non-hydrogen) atoms. The monoisotopic (exact) mass is 288 g/mol. The van der Waals surface area contributed by atoms with E-state index < -0.39 is 0 Å². The van der Waals surface area contributed by atoms with E-state index in [1.807, 2.05) is 13.2 Å². The van der Waals surface area contributed by atoms with Crippen LogP contribution < -0.4 is 11.1 Å². The van der Waals surface area contributed by atoms with Gasteiger partial charge in [-0.05, 0) is 6.42 Å². The van der Waals surface area contributed by atoms with E-state index in [1.165, 1.54) is 12.4 Å². The Bertz CT molecular complexity index is 656. The van der Waals surface area contributed by atoms with Crippen molar-refractivity contribution >= 4 is 11.7 Å². The lowest BCUT2D eigenvalue weighted by atomic mass is 10.1. The summed E-state index contributed by atoms with van der Waals surface area (Å²) in [6, 6.07) is -0.136. The number of nitrogens with two attached hydrogens (primary N) is 1. The van der Waals surface area contributed by atoms with Gasteiger partial charge in [0.25, 0.3) is 5.91 Å². The van der Waals surface area contributed by atoms with E-state index in [0.717, 1.165) is 12.0 Å². The number of hydrogen-bond acceptors (Lipinski definition) is 6. The van der Waals surface area contributed by atoms with Gasteiger partial charge in [-0.2, -0.15) is 5.10 Å². The van der Waals surface area contributed by atoms with Crippen LogP contribution in [0.15, 0.2) is 24.8 Å². The summed E-state index contributed by atoms with van der Waals surface area (Å²) in [5.41, 5.74) is 6.74. The number of carbonyl (C=O) groups is 1. The molecule has 1 saturated heterocycles. The zero-order chi connectivity index (χ0) is 14.8. The van der Waals surface area contributed by atoms with Crippen LogP contribution in [-0.4, -0.2) is 38.3 Å². The van der Waals surface area contributed by atoms with Crippen LogP contribution in [0.4, 0.5) is 5.82 Å². The van der Waals surface area contributed by atoms with Gasteiger partial charge in [-0.15, -0.1) is 0 Å². The van der Waals surface area contributed by atoms with E-state index in [1.54, 1.807) is 10.9 Å². The normalized spacial score (nSPS) is 21.4. The number of nitrogens with zero attached hydrogens (tertiary/aromatic N) is 4. The molecule has 2 atom stereocenters. The van der Waals surface area contributed by atoms with Crippen LogP contribution in [0.1, 0.15) is 28.6 Å². The SMILES string of the molecule is Cn1cc([C@H]2OCC[C@@H]2NC(=O)c2nccnc2N)cn1. The first-order valence-corrected chi connectivity index (χ1v) is 6.62. The minimum atomic E-state index is -0.343. The van der Waals surface area contributed by atoms with Crippen molar-refractivity contribution in [1.82, 2.24) is 25.1 Å². The number of carbonyl (C=O) groups excluding carboxylic acids is 1. The number of aryl methyl sites for hydroxylation is 1. The van der Waals surface area contributed by atoms with Crippen LogP contribution in [0, 0.1) is 0 Å². The lowest BCUT2D eigenvalue weighted by molar-refractivity contribution is 0.0818. The molecule has 2 aromatic heterocycles. The molecule has 1 aliphatic rings. The van der Waals surface area contributed by atoms with Crippen LogP contribution in [-0.2, 0) is 11.8 Å². The van der Waals surface area contributed by atoms with Gasteiger partial charge in [-0.1, -0.05) is 0 Å². The molecule has 0 radical (unpaired) electrons. The van der Waals surface area contributed by atoms with Crippen molar-refractivity contribution in [2.24, 2.45) is 7.05 Å². The second-order valence-corrected chi connectivity index (χ2v) is 4.90. The standard InChI is InChI=1S/C13H16N6O2/c1-19-7-8(6-17-19)11-9(2-5-21-11)18-13(20)10-12(14)16-4-3-15-10/h3-4,6-7,9,11H,2,5H2,1H3,(H2,14,16)(H,18,20)/t9-,11+/m0/s1. The van der Waals surface area contributed by atoms with Gasteiger partial charge in [0.15, 0.2) is 11.5 Å². The Labute approximate surface area is 121 Å². The van der Waals surface area contributed by atoms with Crippen molar-refractivity contribution in [1.29, 1.82) is 0 Å². The zero-order valence-corrected chi connectivity index (χ0v) is 11.6. The molecule has 110 valence electrons. The van der Waals surface area contributed by atoms with E-state index >= 15 is 0 Å². The van der Waals surface area contributed by atoms with Gasteiger partial charge in [0.1, 0.15) is 6.10 Å². The molecular formula is C13H16N6O2. The van der Waals surface area contributed by atoms with Gasteiger partial charge in [0.05, 0.1) is 12.2 Å².